The number of carbonyl (C=O) groups is 4. The predicted octanol–water partition coefficient (Wildman–Crippen LogP) is 5.02. The molecule has 2 heterocycles. The molecule has 336 valence electrons. The Balaban J connectivity index is 0.000000243. The number of carboxylic acids is 1. The van der Waals surface area contributed by atoms with E-state index in [9.17, 15) is 39.0 Å². The molecule has 0 radical (unpaired) electrons. The topological polar surface area (TPSA) is 261 Å². The molecule has 0 aliphatic carbocycles. The van der Waals surface area contributed by atoms with Gasteiger partial charge in [0.05, 0.1) is 31.8 Å². The van der Waals surface area contributed by atoms with E-state index in [0.717, 1.165) is 51.9 Å². The lowest BCUT2D eigenvalue weighted by Gasteiger charge is -2.24. The summed E-state index contributed by atoms with van der Waals surface area (Å²) in [5.41, 5.74) is 9.16. The first-order valence-electron chi connectivity index (χ1n) is 19.6. The van der Waals surface area contributed by atoms with Crippen molar-refractivity contribution in [3.63, 3.8) is 0 Å². The number of hydrazine groups is 2. The summed E-state index contributed by atoms with van der Waals surface area (Å²) >= 11 is 12.1. The van der Waals surface area contributed by atoms with E-state index in [2.05, 4.69) is 10.9 Å². The van der Waals surface area contributed by atoms with Crippen LogP contribution in [0.15, 0.2) is 128 Å². The van der Waals surface area contributed by atoms with Crippen LogP contribution in [-0.2, 0) is 27.4 Å². The highest BCUT2D eigenvalue weighted by Gasteiger charge is 2.24. The molecule has 6 rings (SSSR count). The predicted molar refractivity (Wildman–Crippen MR) is 234 cm³/mol. The summed E-state index contributed by atoms with van der Waals surface area (Å²) in [6, 6.07) is 31.6. The number of hydrogen-bond acceptors (Lipinski definition) is 13. The quantitative estimate of drug-likeness (QED) is 0.0320. The lowest BCUT2D eigenvalue weighted by atomic mass is 10.0. The van der Waals surface area contributed by atoms with Crippen LogP contribution in [0.5, 0.6) is 0 Å². The van der Waals surface area contributed by atoms with Crippen molar-refractivity contribution in [3.05, 3.63) is 163 Å². The van der Waals surface area contributed by atoms with Gasteiger partial charge in [-0.2, -0.15) is 10.3 Å². The molecule has 18 nitrogen and oxygen atoms in total. The zero-order chi connectivity index (χ0) is 46.2. The molecule has 64 heavy (non-hydrogen) atoms. The van der Waals surface area contributed by atoms with Gasteiger partial charge in [-0.25, -0.2) is 19.6 Å². The van der Waals surface area contributed by atoms with Crippen LogP contribution in [0.3, 0.4) is 0 Å². The molecule has 4 aromatic carbocycles. The molecule has 6 aromatic rings. The third kappa shape index (κ3) is 14.9. The highest BCUT2D eigenvalue weighted by molar-refractivity contribution is 6.31. The van der Waals surface area contributed by atoms with Gasteiger partial charge in [-0.15, -0.1) is 0 Å². The number of nitrogens with zero attached hydrogens (tertiary/aromatic N) is 2. The van der Waals surface area contributed by atoms with Gasteiger partial charge in [0.15, 0.2) is 12.2 Å². The number of aromatic nitrogens is 2. The van der Waals surface area contributed by atoms with Crippen LogP contribution >= 0.6 is 23.2 Å². The molecule has 0 bridgehead atoms. The van der Waals surface area contributed by atoms with Gasteiger partial charge in [0, 0.05) is 23.1 Å². The fourth-order valence-electron chi connectivity index (χ4n) is 5.85. The van der Waals surface area contributed by atoms with Crippen LogP contribution in [0, 0.1) is 0 Å². The van der Waals surface area contributed by atoms with Crippen LogP contribution in [-0.4, -0.2) is 91.3 Å². The third-order valence-corrected chi connectivity index (χ3v) is 9.54. The van der Waals surface area contributed by atoms with E-state index in [4.69, 9.17) is 42.1 Å². The normalized spacial score (nSPS) is 11.9. The number of ether oxygens (including phenoxy) is 1. The van der Waals surface area contributed by atoms with Gasteiger partial charge in [-0.3, -0.25) is 30.0 Å². The highest BCUT2D eigenvalue weighted by Crippen LogP contribution is 2.25. The molecule has 2 atom stereocenters. The van der Waals surface area contributed by atoms with Crippen molar-refractivity contribution in [2.24, 2.45) is 0 Å². The molecule has 0 unspecified atom stereocenters. The van der Waals surface area contributed by atoms with Gasteiger partial charge in [0.1, 0.15) is 0 Å². The van der Waals surface area contributed by atoms with E-state index in [1.807, 2.05) is 90.0 Å². The molecule has 2 amide bonds. The van der Waals surface area contributed by atoms with Crippen molar-refractivity contribution < 1.29 is 48.3 Å². The number of benzene rings is 4. The molecule has 0 fully saturated rings. The van der Waals surface area contributed by atoms with Gasteiger partial charge in [0.25, 0.3) is 11.1 Å². The zero-order valence-electron chi connectivity index (χ0n) is 34.2. The molecule has 0 saturated heterocycles. The van der Waals surface area contributed by atoms with Gasteiger partial charge < -0.3 is 29.1 Å². The van der Waals surface area contributed by atoms with Crippen LogP contribution < -0.4 is 22.0 Å². The summed E-state index contributed by atoms with van der Waals surface area (Å²) in [6.45, 7) is 1.81. The minimum absolute atomic E-state index is 0.0978. The number of unbranched alkanes of at least 4 members (excludes halogenated alkanes) is 1. The molecule has 0 spiro atoms. The molecular weight excluding hydrogens is 875 g/mol. The number of aliphatic hydroxyl groups is 2. The first kappa shape index (κ1) is 48.2. The van der Waals surface area contributed by atoms with Crippen molar-refractivity contribution in [2.45, 2.75) is 45.1 Å². The Bertz CT molecular complexity index is 2610. The van der Waals surface area contributed by atoms with Crippen LogP contribution in [0.2, 0.25) is 10.0 Å². The van der Waals surface area contributed by atoms with E-state index >= 15 is 0 Å². The second-order valence-electron chi connectivity index (χ2n) is 14.1. The van der Waals surface area contributed by atoms with E-state index in [0.29, 0.717) is 16.5 Å². The Kier molecular flexibility index (Phi) is 17.8. The number of H-pyrrole nitrogens is 2. The zero-order valence-corrected chi connectivity index (χ0v) is 35.7. The number of carboxylic acid groups (broad SMARTS) is 1. The number of halogens is 2. The summed E-state index contributed by atoms with van der Waals surface area (Å²) in [5.74, 6) is -4.18. The SMILES string of the molecule is CCCCOC(=O)[C@H](O)CN(Cc1ccc(-c2cccc(Cl)c2)cc1)NC(=O)c1cc(=O)[nH]o1.O=C(NN(Cc1ccc(-c2cccc(Cl)c2)cc1)C[C@@H](O)C(=O)O)c1cc(=O)[nH]o1. The molecule has 0 aliphatic rings. The van der Waals surface area contributed by atoms with E-state index in [-0.39, 0.29) is 44.3 Å². The van der Waals surface area contributed by atoms with Crippen LogP contribution in [0.25, 0.3) is 22.3 Å². The fourth-order valence-corrected chi connectivity index (χ4v) is 6.23. The van der Waals surface area contributed by atoms with Gasteiger partial charge in [0.2, 0.25) is 11.5 Å². The fraction of sp³-hybridized carbons (Fsp3) is 0.227. The smallest absolute Gasteiger partial charge is 0.336 e. The number of hydrogen-bond donors (Lipinski definition) is 7. The van der Waals surface area contributed by atoms with E-state index in [1.165, 1.54) is 10.0 Å². The maximum atomic E-state index is 12.5. The largest absolute Gasteiger partial charge is 0.479 e. The second kappa shape index (κ2) is 23.6. The van der Waals surface area contributed by atoms with Crippen LogP contribution in [0.4, 0.5) is 0 Å². The summed E-state index contributed by atoms with van der Waals surface area (Å²) in [4.78, 5) is 70.2. The number of nitrogens with one attached hydrogen (secondary N) is 4. The average Bonchev–Trinajstić information content (AvgIpc) is 3.92. The van der Waals surface area contributed by atoms with Gasteiger partial charge >= 0.3 is 23.8 Å². The molecule has 0 aliphatic heterocycles. The number of esters is 1. The van der Waals surface area contributed by atoms with Crippen LogP contribution in [0.1, 0.15) is 52.0 Å². The molecule has 7 N–H and O–H groups in total. The Morgan fingerprint density at radius 2 is 1.09 bits per heavy atom. The number of amides is 2. The van der Waals surface area contributed by atoms with Gasteiger partial charge in [-0.05, 0) is 64.1 Å². The van der Waals surface area contributed by atoms with Crippen molar-refractivity contribution >= 4 is 47.0 Å². The summed E-state index contributed by atoms with van der Waals surface area (Å²) in [7, 11) is 0. The Labute approximate surface area is 374 Å². The monoisotopic (exact) mass is 918 g/mol. The minimum Gasteiger partial charge on any atom is -0.479 e. The maximum Gasteiger partial charge on any atom is 0.336 e. The maximum absolute atomic E-state index is 12.5. The van der Waals surface area contributed by atoms with Crippen molar-refractivity contribution in [2.75, 3.05) is 19.7 Å². The Morgan fingerprint density at radius 3 is 1.47 bits per heavy atom. The number of rotatable bonds is 19. The van der Waals surface area contributed by atoms with Crippen molar-refractivity contribution in [1.82, 2.24) is 31.2 Å². The molecule has 0 saturated carbocycles. The third-order valence-electron chi connectivity index (χ3n) is 9.07. The lowest BCUT2D eigenvalue weighted by molar-refractivity contribution is -0.155. The van der Waals surface area contributed by atoms with Gasteiger partial charge in [-0.1, -0.05) is 109 Å². The number of aromatic amines is 2. The standard InChI is InChI=1S/C24H26ClN3O6.C20H18ClN3O6/c1-2-3-11-33-24(32)20(29)15-28(26-23(31)21-13-22(30)27-34-21)14-16-7-9-17(10-8-16)18-5-4-6-19(25)12-18;21-15-3-1-2-14(8-15)13-6-4-12(5-7-13)10-24(11-16(25)20(28)29)22-19(27)17-9-18(26)23-30-17/h4-10,12-13,20,29H,2-3,11,14-15H2,1H3,(H,26,31)(H,27,30);1-9,16,25H,10-11H2,(H,22,27)(H,23,26)(H,28,29)/t20-;16-/m11/s1. The number of carbonyl (C=O) groups excluding carboxylic acids is 3. The summed E-state index contributed by atoms with van der Waals surface area (Å²) < 4.78 is 14.6. The first-order valence-corrected chi connectivity index (χ1v) is 20.4. The highest BCUT2D eigenvalue weighted by atomic mass is 35.5. The van der Waals surface area contributed by atoms with Crippen molar-refractivity contribution in [1.29, 1.82) is 0 Å². The minimum atomic E-state index is -1.73. The number of aliphatic hydroxyl groups excluding tert-OH is 2. The second-order valence-corrected chi connectivity index (χ2v) is 15.0. The Morgan fingerprint density at radius 1 is 0.656 bits per heavy atom. The van der Waals surface area contributed by atoms with E-state index in [1.54, 1.807) is 24.3 Å². The molecule has 20 heteroatoms. The average molecular weight is 920 g/mol. The summed E-state index contributed by atoms with van der Waals surface area (Å²) in [6.07, 6.45) is -1.68. The first-order chi connectivity index (χ1) is 30.7. The van der Waals surface area contributed by atoms with E-state index < -0.39 is 47.1 Å². The van der Waals surface area contributed by atoms with Crippen molar-refractivity contribution in [3.8, 4) is 22.3 Å². The molecular formula is C44H44Cl2N6O12. The lowest BCUT2D eigenvalue weighted by Crippen LogP contribution is -2.47. The number of aliphatic carboxylic acids is 1. The summed E-state index contributed by atoms with van der Waals surface area (Å²) in [5, 5.41) is 36.8. The Hall–Kier alpha value is -6.80. The molecule has 2 aromatic heterocycles.